The van der Waals surface area contributed by atoms with E-state index < -0.39 is 0 Å². The first-order valence-electron chi connectivity index (χ1n) is 7.66. The first kappa shape index (κ1) is 19.0. The highest BCUT2D eigenvalue weighted by atomic mass is 35.5. The molecule has 1 aliphatic rings. The van der Waals surface area contributed by atoms with Crippen molar-refractivity contribution in [2.75, 3.05) is 11.9 Å². The maximum absolute atomic E-state index is 12.6. The maximum atomic E-state index is 12.6. The number of rotatable bonds is 5. The summed E-state index contributed by atoms with van der Waals surface area (Å²) in [5, 5.41) is 5.70. The minimum atomic E-state index is -0.210. The zero-order valence-corrected chi connectivity index (χ0v) is 16.9. The number of nitrogens with one attached hydrogen (secondary N) is 1. The van der Waals surface area contributed by atoms with Crippen molar-refractivity contribution < 1.29 is 9.59 Å². The third kappa shape index (κ3) is 4.50. The fourth-order valence-corrected chi connectivity index (χ4v) is 4.43. The SMILES string of the molecule is Cc1csc(NC(=O)CCN2C(=O)/C(=C/c3ccccc3Cl)SC2=S)n1. The van der Waals surface area contributed by atoms with Gasteiger partial charge >= 0.3 is 0 Å². The lowest BCUT2D eigenvalue weighted by Gasteiger charge is -2.13. The third-order valence-electron chi connectivity index (χ3n) is 3.49. The molecule has 0 aliphatic carbocycles. The van der Waals surface area contributed by atoms with Crippen LogP contribution in [0.15, 0.2) is 34.6 Å². The van der Waals surface area contributed by atoms with Crippen LogP contribution in [-0.2, 0) is 9.59 Å². The van der Waals surface area contributed by atoms with Crippen LogP contribution in [0.4, 0.5) is 5.13 Å². The van der Waals surface area contributed by atoms with Crippen LogP contribution in [0.5, 0.6) is 0 Å². The molecule has 0 bridgehead atoms. The van der Waals surface area contributed by atoms with Gasteiger partial charge in [-0.2, -0.15) is 0 Å². The summed E-state index contributed by atoms with van der Waals surface area (Å²) in [6.07, 6.45) is 1.87. The lowest BCUT2D eigenvalue weighted by molar-refractivity contribution is -0.122. The van der Waals surface area contributed by atoms with Crippen molar-refractivity contribution in [3.05, 3.63) is 50.8 Å². The molecular weight excluding hydrogens is 410 g/mol. The van der Waals surface area contributed by atoms with Crippen LogP contribution in [0.3, 0.4) is 0 Å². The molecule has 1 saturated heterocycles. The van der Waals surface area contributed by atoms with Crippen LogP contribution < -0.4 is 5.32 Å². The van der Waals surface area contributed by atoms with Gasteiger partial charge in [0.25, 0.3) is 5.91 Å². The Morgan fingerprint density at radius 3 is 2.88 bits per heavy atom. The molecule has 2 heterocycles. The number of aryl methyl sites for hydroxylation is 1. The van der Waals surface area contributed by atoms with E-state index in [2.05, 4.69) is 10.3 Å². The predicted molar refractivity (Wildman–Crippen MR) is 111 cm³/mol. The number of thiazole rings is 1. The predicted octanol–water partition coefficient (Wildman–Crippen LogP) is 4.33. The van der Waals surface area contributed by atoms with Gasteiger partial charge in [-0.25, -0.2) is 4.98 Å². The van der Waals surface area contributed by atoms with Gasteiger partial charge in [0.15, 0.2) is 5.13 Å². The van der Waals surface area contributed by atoms with Crippen LogP contribution in [0.2, 0.25) is 5.02 Å². The molecule has 0 spiro atoms. The highest BCUT2D eigenvalue weighted by Crippen LogP contribution is 2.33. The normalized spacial score (nSPS) is 15.8. The fourth-order valence-electron chi connectivity index (χ4n) is 2.23. The van der Waals surface area contributed by atoms with Gasteiger partial charge in [-0.15, -0.1) is 11.3 Å². The summed E-state index contributed by atoms with van der Waals surface area (Å²) in [6, 6.07) is 7.27. The zero-order chi connectivity index (χ0) is 18.7. The zero-order valence-electron chi connectivity index (χ0n) is 13.7. The van der Waals surface area contributed by atoms with Gasteiger partial charge in [0.05, 0.1) is 10.6 Å². The number of hydrogen-bond acceptors (Lipinski definition) is 6. The molecule has 0 radical (unpaired) electrons. The van der Waals surface area contributed by atoms with Crippen molar-refractivity contribution in [2.24, 2.45) is 0 Å². The van der Waals surface area contributed by atoms with Gasteiger partial charge in [0, 0.05) is 23.4 Å². The lowest BCUT2D eigenvalue weighted by atomic mass is 10.2. The van der Waals surface area contributed by atoms with Crippen LogP contribution in [-0.4, -0.2) is 32.6 Å². The number of aromatic nitrogens is 1. The van der Waals surface area contributed by atoms with Gasteiger partial charge in [-0.3, -0.25) is 14.5 Å². The molecule has 1 N–H and O–H groups in total. The van der Waals surface area contributed by atoms with E-state index in [4.69, 9.17) is 23.8 Å². The molecule has 2 amide bonds. The van der Waals surface area contributed by atoms with Crippen molar-refractivity contribution in [3.63, 3.8) is 0 Å². The number of nitrogens with zero attached hydrogens (tertiary/aromatic N) is 2. The molecule has 9 heteroatoms. The van der Waals surface area contributed by atoms with Gasteiger partial charge in [-0.05, 0) is 24.6 Å². The Morgan fingerprint density at radius 2 is 2.19 bits per heavy atom. The van der Waals surface area contributed by atoms with Crippen molar-refractivity contribution in [1.29, 1.82) is 0 Å². The van der Waals surface area contributed by atoms with Gasteiger partial charge < -0.3 is 5.32 Å². The number of hydrogen-bond donors (Lipinski definition) is 1. The summed E-state index contributed by atoms with van der Waals surface area (Å²) in [5.74, 6) is -0.415. The maximum Gasteiger partial charge on any atom is 0.266 e. The minimum absolute atomic E-state index is 0.143. The average molecular weight is 424 g/mol. The molecule has 134 valence electrons. The Morgan fingerprint density at radius 1 is 1.42 bits per heavy atom. The van der Waals surface area contributed by atoms with E-state index in [9.17, 15) is 9.59 Å². The molecule has 1 aromatic carbocycles. The Hall–Kier alpha value is -1.74. The summed E-state index contributed by atoms with van der Waals surface area (Å²) >= 11 is 14.0. The van der Waals surface area contributed by atoms with Crippen LogP contribution >= 0.6 is 46.9 Å². The second-order valence-electron chi connectivity index (χ2n) is 5.45. The topological polar surface area (TPSA) is 62.3 Å². The van der Waals surface area contributed by atoms with Crippen molar-refractivity contribution in [1.82, 2.24) is 9.88 Å². The molecule has 5 nitrogen and oxygen atoms in total. The second kappa shape index (κ2) is 8.30. The van der Waals surface area contributed by atoms with Crippen LogP contribution in [0.1, 0.15) is 17.7 Å². The van der Waals surface area contributed by atoms with Crippen molar-refractivity contribution >= 4 is 74.3 Å². The quantitative estimate of drug-likeness (QED) is 0.572. The first-order chi connectivity index (χ1) is 12.4. The van der Waals surface area contributed by atoms with Gasteiger partial charge in [0.2, 0.25) is 5.91 Å². The molecule has 1 aromatic heterocycles. The van der Waals surface area contributed by atoms with E-state index in [-0.39, 0.29) is 24.8 Å². The second-order valence-corrected chi connectivity index (χ2v) is 8.39. The number of carbonyl (C=O) groups is 2. The molecule has 1 aliphatic heterocycles. The first-order valence-corrected chi connectivity index (χ1v) is 10.1. The van der Waals surface area contributed by atoms with E-state index in [0.717, 1.165) is 11.3 Å². The molecule has 0 atom stereocenters. The number of halogens is 1. The van der Waals surface area contributed by atoms with Crippen LogP contribution in [0.25, 0.3) is 6.08 Å². The summed E-state index contributed by atoms with van der Waals surface area (Å²) in [4.78, 5) is 30.7. The van der Waals surface area contributed by atoms with Crippen molar-refractivity contribution in [3.8, 4) is 0 Å². The largest absolute Gasteiger partial charge is 0.302 e. The minimum Gasteiger partial charge on any atom is -0.302 e. The Balaban J connectivity index is 1.62. The molecule has 1 fully saturated rings. The van der Waals surface area contributed by atoms with E-state index in [1.165, 1.54) is 28.0 Å². The number of benzene rings is 1. The highest BCUT2D eigenvalue weighted by Gasteiger charge is 2.32. The average Bonchev–Trinajstić information content (AvgIpc) is 3.11. The molecule has 26 heavy (non-hydrogen) atoms. The number of anilines is 1. The summed E-state index contributed by atoms with van der Waals surface area (Å²) in [7, 11) is 0. The monoisotopic (exact) mass is 423 g/mol. The van der Waals surface area contributed by atoms with Crippen LogP contribution in [0, 0.1) is 6.92 Å². The number of amides is 2. The van der Waals surface area contributed by atoms with Gasteiger partial charge in [0.1, 0.15) is 4.32 Å². The lowest BCUT2D eigenvalue weighted by Crippen LogP contribution is -2.31. The third-order valence-corrected chi connectivity index (χ3v) is 6.09. The number of thiocarbonyl (C=S) groups is 1. The van der Waals surface area contributed by atoms with E-state index >= 15 is 0 Å². The van der Waals surface area contributed by atoms with E-state index in [1.54, 1.807) is 12.1 Å². The summed E-state index contributed by atoms with van der Waals surface area (Å²) in [6.45, 7) is 2.08. The Labute approximate surface area is 169 Å². The fraction of sp³-hybridized carbons (Fsp3) is 0.176. The molecule has 3 rings (SSSR count). The van der Waals surface area contributed by atoms with Crippen molar-refractivity contribution in [2.45, 2.75) is 13.3 Å². The highest BCUT2D eigenvalue weighted by molar-refractivity contribution is 8.26. The number of carbonyl (C=O) groups excluding carboxylic acids is 2. The van der Waals surface area contributed by atoms with Gasteiger partial charge in [-0.1, -0.05) is 53.8 Å². The smallest absolute Gasteiger partial charge is 0.266 e. The molecule has 0 unspecified atom stereocenters. The number of thioether (sulfide) groups is 1. The molecule has 2 aromatic rings. The Bertz CT molecular complexity index is 910. The molecule has 0 saturated carbocycles. The van der Waals surface area contributed by atoms with E-state index in [1.807, 2.05) is 30.5 Å². The Kier molecular flexibility index (Phi) is 6.08. The summed E-state index contributed by atoms with van der Waals surface area (Å²) in [5.41, 5.74) is 1.61. The summed E-state index contributed by atoms with van der Waals surface area (Å²) < 4.78 is 0.436. The standard InChI is InChI=1S/C17H14ClN3O2S3/c1-10-9-25-16(19-10)20-14(22)6-7-21-15(23)13(26-17(21)24)8-11-4-2-3-5-12(11)18/h2-5,8-9H,6-7H2,1H3,(H,19,20,22)/b13-8-. The molecular formula is C17H14ClN3O2S3. The van der Waals surface area contributed by atoms with E-state index in [0.29, 0.717) is 19.4 Å².